The number of carbonyl (C=O) groups excluding carboxylic acids is 2. The summed E-state index contributed by atoms with van der Waals surface area (Å²) < 4.78 is 0. The quantitative estimate of drug-likeness (QED) is 0.738. The highest BCUT2D eigenvalue weighted by molar-refractivity contribution is 6.00. The Hall–Kier alpha value is -2.89. The first kappa shape index (κ1) is 19.9. The zero-order valence-electron chi connectivity index (χ0n) is 16.7. The molecular weight excluding hydrogens is 352 g/mol. The lowest BCUT2D eigenvalue weighted by Crippen LogP contribution is -2.27. The van der Waals surface area contributed by atoms with E-state index in [0.29, 0.717) is 13.0 Å². The summed E-state index contributed by atoms with van der Waals surface area (Å²) in [5.74, 6) is -0.635. The van der Waals surface area contributed by atoms with Gasteiger partial charge < -0.3 is 15.5 Å². The Bertz CT molecular complexity index is 834. The predicted molar refractivity (Wildman–Crippen MR) is 111 cm³/mol. The Morgan fingerprint density at radius 2 is 1.75 bits per heavy atom. The van der Waals surface area contributed by atoms with Crippen LogP contribution in [0.15, 0.2) is 42.7 Å². The van der Waals surface area contributed by atoms with Gasteiger partial charge in [0.2, 0.25) is 11.8 Å². The van der Waals surface area contributed by atoms with Gasteiger partial charge >= 0.3 is 0 Å². The van der Waals surface area contributed by atoms with Crippen molar-refractivity contribution in [2.24, 2.45) is 11.8 Å². The Balaban J connectivity index is 1.52. The molecule has 2 atom stereocenters. The van der Waals surface area contributed by atoms with Gasteiger partial charge in [-0.1, -0.05) is 0 Å². The third-order valence-electron chi connectivity index (χ3n) is 5.28. The third-order valence-corrected chi connectivity index (χ3v) is 5.28. The number of hydrogen-bond acceptors (Lipinski definition) is 4. The minimum absolute atomic E-state index is 0.0643. The highest BCUT2D eigenvalue weighted by Gasteiger charge is 2.47. The molecule has 0 spiro atoms. The number of pyridine rings is 1. The Kier molecular flexibility index (Phi) is 6.29. The maximum atomic E-state index is 12.5. The molecule has 1 aromatic carbocycles. The summed E-state index contributed by atoms with van der Waals surface area (Å²) in [6, 6.07) is 9.79. The number of amides is 2. The summed E-state index contributed by atoms with van der Waals surface area (Å²) in [5.41, 5.74) is 3.98. The lowest BCUT2D eigenvalue weighted by molar-refractivity contribution is -0.125. The summed E-state index contributed by atoms with van der Waals surface area (Å²) in [6.07, 6.45) is 4.00. The number of hydrogen-bond donors (Lipinski definition) is 2. The Labute approximate surface area is 166 Å². The fourth-order valence-electron chi connectivity index (χ4n) is 3.39. The minimum Gasteiger partial charge on any atom is -0.372 e. The van der Waals surface area contributed by atoms with Gasteiger partial charge in [0.15, 0.2) is 0 Å². The topological polar surface area (TPSA) is 74.3 Å². The van der Waals surface area contributed by atoms with E-state index in [4.69, 9.17) is 0 Å². The molecule has 6 nitrogen and oxygen atoms in total. The third kappa shape index (κ3) is 4.68. The van der Waals surface area contributed by atoms with Gasteiger partial charge in [0.1, 0.15) is 0 Å². The molecule has 6 heteroatoms. The highest BCUT2D eigenvalue weighted by atomic mass is 16.2. The standard InChI is InChI=1S/C22H28N4O2/c1-4-26(5-2)17-6-7-20(15(3)12-17)25-22(28)19-13-18(19)21(27)24-14-16-8-10-23-11-9-16/h6-12,18-19H,4-5,13-14H2,1-3H3,(H,24,27)(H,25,28). The molecule has 1 aromatic heterocycles. The van der Waals surface area contributed by atoms with Gasteiger partial charge in [-0.2, -0.15) is 0 Å². The molecule has 0 bridgehead atoms. The summed E-state index contributed by atoms with van der Waals surface area (Å²) in [5, 5.41) is 5.89. The van der Waals surface area contributed by atoms with Crippen LogP contribution < -0.4 is 15.5 Å². The minimum atomic E-state index is -0.251. The first-order valence-electron chi connectivity index (χ1n) is 9.86. The van der Waals surface area contributed by atoms with Crippen LogP contribution in [0.2, 0.25) is 0 Å². The van der Waals surface area contributed by atoms with Crippen LogP contribution in [0.25, 0.3) is 0 Å². The fraction of sp³-hybridized carbons (Fsp3) is 0.409. The summed E-state index contributed by atoms with van der Waals surface area (Å²) in [4.78, 5) is 31.0. The largest absolute Gasteiger partial charge is 0.372 e. The average molecular weight is 380 g/mol. The van der Waals surface area contributed by atoms with Crippen molar-refractivity contribution in [1.29, 1.82) is 0 Å². The van der Waals surface area contributed by atoms with Crippen molar-refractivity contribution in [2.75, 3.05) is 23.3 Å². The molecule has 1 saturated carbocycles. The first-order chi connectivity index (χ1) is 13.5. The van der Waals surface area contributed by atoms with Crippen molar-refractivity contribution in [1.82, 2.24) is 10.3 Å². The van der Waals surface area contributed by atoms with E-state index in [1.807, 2.05) is 31.2 Å². The predicted octanol–water partition coefficient (Wildman–Crippen LogP) is 3.13. The van der Waals surface area contributed by atoms with E-state index in [-0.39, 0.29) is 23.7 Å². The number of benzene rings is 1. The van der Waals surface area contributed by atoms with Gasteiger partial charge in [-0.3, -0.25) is 14.6 Å². The first-order valence-corrected chi connectivity index (χ1v) is 9.86. The SMILES string of the molecule is CCN(CC)c1ccc(NC(=O)C2CC2C(=O)NCc2ccncc2)c(C)c1. The molecule has 3 rings (SSSR count). The smallest absolute Gasteiger partial charge is 0.228 e. The van der Waals surface area contributed by atoms with E-state index in [1.54, 1.807) is 12.4 Å². The van der Waals surface area contributed by atoms with Gasteiger partial charge in [-0.15, -0.1) is 0 Å². The van der Waals surface area contributed by atoms with Gasteiger partial charge in [0, 0.05) is 43.4 Å². The normalized spacial score (nSPS) is 17.7. The second kappa shape index (κ2) is 8.87. The van der Waals surface area contributed by atoms with Gasteiger partial charge in [-0.25, -0.2) is 0 Å². The summed E-state index contributed by atoms with van der Waals surface area (Å²) in [6.45, 7) is 8.59. The second-order valence-corrected chi connectivity index (χ2v) is 7.18. The monoisotopic (exact) mass is 380 g/mol. The molecule has 1 heterocycles. The maximum absolute atomic E-state index is 12.5. The molecule has 0 radical (unpaired) electrons. The summed E-state index contributed by atoms with van der Waals surface area (Å²) >= 11 is 0. The average Bonchev–Trinajstić information content (AvgIpc) is 3.51. The van der Waals surface area contributed by atoms with Crippen molar-refractivity contribution in [3.63, 3.8) is 0 Å². The van der Waals surface area contributed by atoms with Crippen molar-refractivity contribution < 1.29 is 9.59 Å². The molecule has 2 N–H and O–H groups in total. The molecule has 0 saturated heterocycles. The van der Waals surface area contributed by atoms with Crippen LogP contribution in [0, 0.1) is 18.8 Å². The van der Waals surface area contributed by atoms with Crippen molar-refractivity contribution in [3.05, 3.63) is 53.9 Å². The molecule has 2 amide bonds. The molecule has 148 valence electrons. The van der Waals surface area contributed by atoms with Crippen molar-refractivity contribution in [3.8, 4) is 0 Å². The van der Waals surface area contributed by atoms with Crippen molar-refractivity contribution >= 4 is 23.2 Å². The number of carbonyl (C=O) groups is 2. The van der Waals surface area contributed by atoms with E-state index in [9.17, 15) is 9.59 Å². The van der Waals surface area contributed by atoms with Crippen LogP contribution >= 0.6 is 0 Å². The van der Waals surface area contributed by atoms with E-state index in [0.717, 1.165) is 35.6 Å². The van der Waals surface area contributed by atoms with Crippen LogP contribution in [0.3, 0.4) is 0 Å². The van der Waals surface area contributed by atoms with Crippen LogP contribution in [0.4, 0.5) is 11.4 Å². The summed E-state index contributed by atoms with van der Waals surface area (Å²) in [7, 11) is 0. The Morgan fingerprint density at radius 3 is 2.39 bits per heavy atom. The lowest BCUT2D eigenvalue weighted by Gasteiger charge is -2.22. The Morgan fingerprint density at radius 1 is 1.07 bits per heavy atom. The number of rotatable bonds is 8. The number of aromatic nitrogens is 1. The van der Waals surface area contributed by atoms with Crippen LogP contribution in [0.5, 0.6) is 0 Å². The number of nitrogens with one attached hydrogen (secondary N) is 2. The van der Waals surface area contributed by atoms with E-state index >= 15 is 0 Å². The molecule has 2 aromatic rings. The van der Waals surface area contributed by atoms with Crippen LogP contribution in [0.1, 0.15) is 31.4 Å². The molecule has 28 heavy (non-hydrogen) atoms. The van der Waals surface area contributed by atoms with Crippen molar-refractivity contribution in [2.45, 2.75) is 33.7 Å². The molecular formula is C22H28N4O2. The number of aryl methyl sites for hydroxylation is 1. The van der Waals surface area contributed by atoms with E-state index in [2.05, 4.69) is 40.4 Å². The van der Waals surface area contributed by atoms with Gasteiger partial charge in [0.05, 0.1) is 11.8 Å². The van der Waals surface area contributed by atoms with E-state index in [1.165, 1.54) is 0 Å². The molecule has 1 aliphatic rings. The fourth-order valence-corrected chi connectivity index (χ4v) is 3.39. The van der Waals surface area contributed by atoms with E-state index < -0.39 is 0 Å². The zero-order valence-corrected chi connectivity index (χ0v) is 16.7. The molecule has 0 aliphatic heterocycles. The second-order valence-electron chi connectivity index (χ2n) is 7.18. The number of nitrogens with zero attached hydrogens (tertiary/aromatic N) is 2. The van der Waals surface area contributed by atoms with Gasteiger partial charge in [0.25, 0.3) is 0 Å². The zero-order chi connectivity index (χ0) is 20.1. The molecule has 1 fully saturated rings. The van der Waals surface area contributed by atoms with Crippen LogP contribution in [-0.2, 0) is 16.1 Å². The molecule has 2 unspecified atom stereocenters. The lowest BCUT2D eigenvalue weighted by atomic mass is 10.1. The molecule has 1 aliphatic carbocycles. The number of anilines is 2. The van der Waals surface area contributed by atoms with Gasteiger partial charge in [-0.05, 0) is 68.7 Å². The maximum Gasteiger partial charge on any atom is 0.228 e. The van der Waals surface area contributed by atoms with Crippen LogP contribution in [-0.4, -0.2) is 29.9 Å². The highest BCUT2D eigenvalue weighted by Crippen LogP contribution is 2.40.